The van der Waals surface area contributed by atoms with E-state index in [4.69, 9.17) is 4.74 Å². The molecule has 1 atom stereocenters. The Morgan fingerprint density at radius 1 is 1.21 bits per heavy atom. The lowest BCUT2D eigenvalue weighted by atomic mass is 10.1. The number of carbonyl (C=O) groups excluding carboxylic acids is 4. The molecule has 3 N–H and O–H groups in total. The van der Waals surface area contributed by atoms with Crippen LogP contribution in [0.5, 0.6) is 5.75 Å². The highest BCUT2D eigenvalue weighted by Crippen LogP contribution is 2.33. The van der Waals surface area contributed by atoms with Crippen molar-refractivity contribution < 1.29 is 23.9 Å². The van der Waals surface area contributed by atoms with Gasteiger partial charge in [0.2, 0.25) is 11.8 Å². The minimum absolute atomic E-state index is 0.0737. The number of carbonyl (C=O) groups is 4. The minimum atomic E-state index is -1.01. The fourth-order valence-electron chi connectivity index (χ4n) is 3.21. The van der Waals surface area contributed by atoms with Gasteiger partial charge in [0.25, 0.3) is 11.8 Å². The number of hydrogen-bond acceptors (Lipinski definition) is 5. The maximum atomic E-state index is 12.5. The fourth-order valence-corrected chi connectivity index (χ4v) is 3.21. The molecule has 0 saturated carbocycles. The molecule has 2 aromatic carbocycles. The van der Waals surface area contributed by atoms with Gasteiger partial charge in [0.15, 0.2) is 6.61 Å². The number of fused-ring (bicyclic) bond motifs is 2. The zero-order valence-electron chi connectivity index (χ0n) is 15.5. The molecule has 0 radical (unpaired) electrons. The summed E-state index contributed by atoms with van der Waals surface area (Å²) in [6, 6.07) is 10.5. The van der Waals surface area contributed by atoms with E-state index in [0.717, 1.165) is 0 Å². The van der Waals surface area contributed by atoms with Gasteiger partial charge >= 0.3 is 0 Å². The minimum Gasteiger partial charge on any atom is -0.481 e. The highest BCUT2D eigenvalue weighted by atomic mass is 16.5. The smallest absolute Gasteiger partial charge is 0.264 e. The second-order valence-electron chi connectivity index (χ2n) is 6.74. The Morgan fingerprint density at radius 3 is 2.83 bits per heavy atom. The number of anilines is 3. The number of ether oxygens (including phenoxy) is 1. The highest BCUT2D eigenvalue weighted by Gasteiger charge is 2.29. The molecule has 0 aliphatic carbocycles. The van der Waals surface area contributed by atoms with Crippen LogP contribution in [0, 0.1) is 0 Å². The number of para-hydroxylation sites is 1. The zero-order valence-corrected chi connectivity index (χ0v) is 15.5. The molecule has 0 unspecified atom stereocenters. The molecule has 0 spiro atoms. The van der Waals surface area contributed by atoms with E-state index in [-0.39, 0.29) is 18.9 Å². The van der Waals surface area contributed by atoms with E-state index in [1.807, 2.05) is 0 Å². The predicted octanol–water partition coefficient (Wildman–Crippen LogP) is 1.12. The number of rotatable bonds is 3. The number of amides is 4. The molecule has 29 heavy (non-hydrogen) atoms. The molecular weight excluding hydrogens is 376 g/mol. The topological polar surface area (TPSA) is 117 Å². The molecule has 4 rings (SSSR count). The Labute approximate surface area is 166 Å². The second-order valence-corrected chi connectivity index (χ2v) is 6.74. The van der Waals surface area contributed by atoms with Crippen LogP contribution in [-0.4, -0.2) is 43.3 Å². The van der Waals surface area contributed by atoms with Crippen molar-refractivity contribution >= 4 is 40.7 Å². The predicted molar refractivity (Wildman–Crippen MR) is 105 cm³/mol. The first-order chi connectivity index (χ1) is 13.9. The molecule has 0 saturated heterocycles. The van der Waals surface area contributed by atoms with Gasteiger partial charge in [-0.05, 0) is 24.3 Å². The average molecular weight is 394 g/mol. The molecule has 2 heterocycles. The first-order valence-corrected chi connectivity index (χ1v) is 8.96. The lowest BCUT2D eigenvalue weighted by Gasteiger charge is -2.26. The van der Waals surface area contributed by atoms with E-state index >= 15 is 0 Å². The Hall–Kier alpha value is -3.88. The third-order valence-corrected chi connectivity index (χ3v) is 4.77. The fraction of sp³-hybridized carbons (Fsp3) is 0.200. The molecule has 148 valence electrons. The van der Waals surface area contributed by atoms with Crippen molar-refractivity contribution in [3.8, 4) is 5.75 Å². The molecule has 0 aromatic heterocycles. The van der Waals surface area contributed by atoms with Crippen molar-refractivity contribution in [2.45, 2.75) is 12.5 Å². The van der Waals surface area contributed by atoms with Crippen molar-refractivity contribution in [1.29, 1.82) is 0 Å². The van der Waals surface area contributed by atoms with Crippen LogP contribution in [0.25, 0.3) is 0 Å². The van der Waals surface area contributed by atoms with Crippen LogP contribution < -0.4 is 25.6 Å². The summed E-state index contributed by atoms with van der Waals surface area (Å²) < 4.78 is 5.40. The van der Waals surface area contributed by atoms with Gasteiger partial charge in [0, 0.05) is 18.8 Å². The lowest BCUT2D eigenvalue weighted by molar-refractivity contribution is -0.122. The summed E-state index contributed by atoms with van der Waals surface area (Å²) in [5.74, 6) is -1.03. The van der Waals surface area contributed by atoms with Crippen LogP contribution in [0.15, 0.2) is 42.5 Å². The Bertz CT molecular complexity index is 1040. The average Bonchev–Trinajstić information content (AvgIpc) is 2.81. The van der Waals surface area contributed by atoms with E-state index in [2.05, 4.69) is 16.0 Å². The van der Waals surface area contributed by atoms with E-state index < -0.39 is 23.8 Å². The maximum Gasteiger partial charge on any atom is 0.264 e. The molecule has 2 aromatic rings. The van der Waals surface area contributed by atoms with Crippen LogP contribution in [0.4, 0.5) is 17.1 Å². The second kappa shape index (κ2) is 7.27. The third kappa shape index (κ3) is 3.62. The van der Waals surface area contributed by atoms with Gasteiger partial charge in [0.1, 0.15) is 11.8 Å². The first kappa shape index (κ1) is 18.5. The molecule has 9 heteroatoms. The summed E-state index contributed by atoms with van der Waals surface area (Å²) in [6.07, 6.45) is -0.234. The molecular formula is C20H18N4O5. The van der Waals surface area contributed by atoms with Gasteiger partial charge in [-0.15, -0.1) is 0 Å². The van der Waals surface area contributed by atoms with Crippen molar-refractivity contribution in [3.05, 3.63) is 48.0 Å². The molecule has 2 aliphatic heterocycles. The van der Waals surface area contributed by atoms with Crippen molar-refractivity contribution in [2.24, 2.45) is 0 Å². The highest BCUT2D eigenvalue weighted by molar-refractivity contribution is 6.11. The summed E-state index contributed by atoms with van der Waals surface area (Å²) >= 11 is 0. The van der Waals surface area contributed by atoms with Crippen LogP contribution >= 0.6 is 0 Å². The van der Waals surface area contributed by atoms with E-state index in [1.165, 1.54) is 4.90 Å². The number of nitrogens with one attached hydrogen (secondary N) is 3. The summed E-state index contributed by atoms with van der Waals surface area (Å²) in [4.78, 5) is 50.3. The SMILES string of the molecule is CN1C(=O)COc2cc(NC(=O)C[C@H]3NC(=O)c4ccccc4NC3=O)ccc21. The number of nitrogens with zero attached hydrogens (tertiary/aromatic N) is 1. The Morgan fingerprint density at radius 2 is 2.00 bits per heavy atom. The summed E-state index contributed by atoms with van der Waals surface area (Å²) in [6.45, 7) is -0.0737. The molecule has 0 fully saturated rings. The van der Waals surface area contributed by atoms with Crippen molar-refractivity contribution in [1.82, 2.24) is 5.32 Å². The van der Waals surface area contributed by atoms with Crippen molar-refractivity contribution in [2.75, 3.05) is 29.2 Å². The van der Waals surface area contributed by atoms with Gasteiger partial charge in [-0.3, -0.25) is 19.2 Å². The normalized spacial score (nSPS) is 17.9. The van der Waals surface area contributed by atoms with Gasteiger partial charge in [0.05, 0.1) is 23.4 Å². The van der Waals surface area contributed by atoms with E-state index in [1.54, 1.807) is 49.5 Å². The van der Waals surface area contributed by atoms with Crippen LogP contribution in [0.2, 0.25) is 0 Å². The zero-order chi connectivity index (χ0) is 20.5. The Balaban J connectivity index is 1.44. The van der Waals surface area contributed by atoms with Crippen LogP contribution in [-0.2, 0) is 14.4 Å². The van der Waals surface area contributed by atoms with E-state index in [0.29, 0.717) is 28.4 Å². The first-order valence-electron chi connectivity index (χ1n) is 8.96. The largest absolute Gasteiger partial charge is 0.481 e. The summed E-state index contributed by atoms with van der Waals surface area (Å²) in [7, 11) is 1.65. The van der Waals surface area contributed by atoms with Gasteiger partial charge in [-0.2, -0.15) is 0 Å². The lowest BCUT2D eigenvalue weighted by Crippen LogP contribution is -2.43. The monoisotopic (exact) mass is 394 g/mol. The van der Waals surface area contributed by atoms with E-state index in [9.17, 15) is 19.2 Å². The van der Waals surface area contributed by atoms with Gasteiger partial charge in [-0.25, -0.2) is 0 Å². The summed E-state index contributed by atoms with van der Waals surface area (Å²) in [5.41, 5.74) is 1.81. The number of benzene rings is 2. The Kier molecular flexibility index (Phi) is 4.63. The van der Waals surface area contributed by atoms with Gasteiger partial charge in [-0.1, -0.05) is 12.1 Å². The maximum absolute atomic E-state index is 12.5. The van der Waals surface area contributed by atoms with Crippen LogP contribution in [0.3, 0.4) is 0 Å². The molecule has 9 nitrogen and oxygen atoms in total. The standard InChI is InChI=1S/C20H18N4O5/c1-24-15-7-6-11(8-16(15)29-10-18(24)26)21-17(25)9-14-20(28)22-13-5-3-2-4-12(13)19(27)23-14/h2-8,14H,9-10H2,1H3,(H,21,25)(H,22,28)(H,23,27)/t14-/m1/s1. The molecule has 4 amide bonds. The van der Waals surface area contributed by atoms with Crippen LogP contribution in [0.1, 0.15) is 16.8 Å². The molecule has 2 aliphatic rings. The summed E-state index contributed by atoms with van der Waals surface area (Å²) in [5, 5.41) is 7.93. The number of hydrogen-bond donors (Lipinski definition) is 3. The third-order valence-electron chi connectivity index (χ3n) is 4.77. The van der Waals surface area contributed by atoms with Crippen molar-refractivity contribution in [3.63, 3.8) is 0 Å². The quantitative estimate of drug-likeness (QED) is 0.721. The van der Waals surface area contributed by atoms with Gasteiger partial charge < -0.3 is 25.6 Å². The number of likely N-dealkylation sites (N-methyl/N-ethyl adjacent to an activating group) is 1. The molecule has 0 bridgehead atoms.